The van der Waals surface area contributed by atoms with Gasteiger partial charge in [0.05, 0.1) is 5.69 Å². The Kier molecular flexibility index (Phi) is 6.48. The Labute approximate surface area is 169 Å². The summed E-state index contributed by atoms with van der Waals surface area (Å²) in [6.07, 6.45) is 6.19. The highest BCUT2D eigenvalue weighted by molar-refractivity contribution is 6.01. The Bertz CT molecular complexity index is 930. The number of nitrogens with zero attached hydrogens (tertiary/aromatic N) is 1. The van der Waals surface area contributed by atoms with E-state index in [-0.39, 0.29) is 37.2 Å². The van der Waals surface area contributed by atoms with Crippen molar-refractivity contribution in [2.24, 2.45) is 0 Å². The Balaban J connectivity index is 1.50. The van der Waals surface area contributed by atoms with E-state index in [1.807, 2.05) is 24.3 Å². The maximum absolute atomic E-state index is 12.3. The van der Waals surface area contributed by atoms with Crippen LogP contribution in [-0.2, 0) is 16.0 Å². The van der Waals surface area contributed by atoms with Crippen LogP contribution in [0, 0.1) is 12.3 Å². The number of rotatable bonds is 7. The first kappa shape index (κ1) is 20.0. The summed E-state index contributed by atoms with van der Waals surface area (Å²) in [5.74, 6) is 2.52. The zero-order valence-electron chi connectivity index (χ0n) is 15.8. The van der Waals surface area contributed by atoms with Gasteiger partial charge in [-0.2, -0.15) is 0 Å². The molecule has 148 valence electrons. The average molecular weight is 391 g/mol. The van der Waals surface area contributed by atoms with Gasteiger partial charge in [-0.25, -0.2) is 5.01 Å². The predicted octanol–water partition coefficient (Wildman–Crippen LogP) is 1.83. The second kappa shape index (κ2) is 9.42. The molecule has 1 fully saturated rings. The maximum Gasteiger partial charge on any atom is 0.251 e. The Morgan fingerprint density at radius 2 is 1.83 bits per heavy atom. The molecule has 29 heavy (non-hydrogen) atoms. The fourth-order valence-corrected chi connectivity index (χ4v) is 2.85. The summed E-state index contributed by atoms with van der Waals surface area (Å²) in [5, 5.41) is 4.08. The van der Waals surface area contributed by atoms with Gasteiger partial charge in [0.2, 0.25) is 11.8 Å². The SMILES string of the molecule is C#CCOc1ccc(CCNC(=O)c2ccc(N3NC(=O)CCC3=O)cc2)cc1. The summed E-state index contributed by atoms with van der Waals surface area (Å²) < 4.78 is 5.32. The summed E-state index contributed by atoms with van der Waals surface area (Å²) in [4.78, 5) is 35.7. The number of carbonyl (C=O) groups is 3. The lowest BCUT2D eigenvalue weighted by molar-refractivity contribution is -0.130. The van der Waals surface area contributed by atoms with Crippen LogP contribution in [0.5, 0.6) is 5.75 Å². The van der Waals surface area contributed by atoms with Crippen LogP contribution in [-0.4, -0.2) is 30.9 Å². The van der Waals surface area contributed by atoms with Crippen LogP contribution in [0.1, 0.15) is 28.8 Å². The smallest absolute Gasteiger partial charge is 0.251 e. The van der Waals surface area contributed by atoms with Gasteiger partial charge in [-0.15, -0.1) is 6.42 Å². The molecule has 2 aromatic carbocycles. The van der Waals surface area contributed by atoms with Gasteiger partial charge in [-0.3, -0.25) is 19.8 Å². The van der Waals surface area contributed by atoms with Gasteiger partial charge in [0, 0.05) is 24.9 Å². The number of nitrogens with one attached hydrogen (secondary N) is 2. The molecule has 0 bridgehead atoms. The topological polar surface area (TPSA) is 87.7 Å². The third-order valence-electron chi connectivity index (χ3n) is 4.38. The van der Waals surface area contributed by atoms with Gasteiger partial charge in [-0.1, -0.05) is 18.1 Å². The van der Waals surface area contributed by atoms with Crippen molar-refractivity contribution in [2.75, 3.05) is 18.2 Å². The predicted molar refractivity (Wildman–Crippen MR) is 108 cm³/mol. The molecule has 3 amide bonds. The zero-order chi connectivity index (χ0) is 20.6. The van der Waals surface area contributed by atoms with Crippen molar-refractivity contribution in [1.29, 1.82) is 0 Å². The van der Waals surface area contributed by atoms with E-state index < -0.39 is 0 Å². The maximum atomic E-state index is 12.3. The fraction of sp³-hybridized carbons (Fsp3) is 0.227. The second-order valence-electron chi connectivity index (χ2n) is 6.45. The summed E-state index contributed by atoms with van der Waals surface area (Å²) in [6.45, 7) is 0.707. The van der Waals surface area contributed by atoms with Crippen LogP contribution in [0.2, 0.25) is 0 Å². The molecule has 0 radical (unpaired) electrons. The number of hydrogen-bond acceptors (Lipinski definition) is 4. The van der Waals surface area contributed by atoms with Crippen molar-refractivity contribution >= 4 is 23.4 Å². The van der Waals surface area contributed by atoms with Crippen LogP contribution in [0.25, 0.3) is 0 Å². The molecule has 0 unspecified atom stereocenters. The highest BCUT2D eigenvalue weighted by Crippen LogP contribution is 2.18. The van der Waals surface area contributed by atoms with E-state index in [4.69, 9.17) is 11.2 Å². The lowest BCUT2D eigenvalue weighted by Gasteiger charge is -2.27. The van der Waals surface area contributed by atoms with E-state index in [2.05, 4.69) is 16.7 Å². The molecule has 0 aromatic heterocycles. The minimum absolute atomic E-state index is 0.172. The van der Waals surface area contributed by atoms with Crippen LogP contribution in [0.4, 0.5) is 5.69 Å². The summed E-state index contributed by atoms with van der Waals surface area (Å²) in [7, 11) is 0. The van der Waals surface area contributed by atoms with Gasteiger partial charge >= 0.3 is 0 Å². The number of amides is 3. The van der Waals surface area contributed by atoms with E-state index in [1.165, 1.54) is 5.01 Å². The molecule has 1 aliphatic heterocycles. The number of ether oxygens (including phenoxy) is 1. The van der Waals surface area contributed by atoms with Crippen LogP contribution in [0.3, 0.4) is 0 Å². The van der Waals surface area contributed by atoms with Gasteiger partial charge < -0.3 is 10.1 Å². The first-order valence-electron chi connectivity index (χ1n) is 9.23. The van der Waals surface area contributed by atoms with Crippen molar-refractivity contribution < 1.29 is 19.1 Å². The van der Waals surface area contributed by atoms with Gasteiger partial charge in [0.15, 0.2) is 0 Å². The molecule has 1 aliphatic rings. The second-order valence-corrected chi connectivity index (χ2v) is 6.45. The van der Waals surface area contributed by atoms with E-state index in [1.54, 1.807) is 24.3 Å². The van der Waals surface area contributed by atoms with Crippen LogP contribution in [0.15, 0.2) is 48.5 Å². The largest absolute Gasteiger partial charge is 0.481 e. The minimum Gasteiger partial charge on any atom is -0.481 e. The molecule has 0 saturated carbocycles. The Hall–Kier alpha value is -3.79. The number of benzene rings is 2. The highest BCUT2D eigenvalue weighted by Gasteiger charge is 2.24. The van der Waals surface area contributed by atoms with E-state index in [9.17, 15) is 14.4 Å². The number of terminal acetylenes is 1. The molecule has 7 nitrogen and oxygen atoms in total. The van der Waals surface area contributed by atoms with Gasteiger partial charge in [0.25, 0.3) is 5.91 Å². The fourth-order valence-electron chi connectivity index (χ4n) is 2.85. The van der Waals surface area contributed by atoms with Crippen molar-refractivity contribution in [1.82, 2.24) is 10.7 Å². The molecule has 0 spiro atoms. The van der Waals surface area contributed by atoms with Gasteiger partial charge in [0.1, 0.15) is 12.4 Å². The first-order valence-corrected chi connectivity index (χ1v) is 9.23. The molecule has 7 heteroatoms. The molecular formula is C22H21N3O4. The number of carbonyl (C=O) groups excluding carboxylic acids is 3. The molecule has 2 N–H and O–H groups in total. The molecule has 0 aliphatic carbocycles. The summed E-state index contributed by atoms with van der Waals surface area (Å²) in [5.41, 5.74) is 4.58. The Morgan fingerprint density at radius 1 is 1.10 bits per heavy atom. The molecule has 1 heterocycles. The average Bonchev–Trinajstić information content (AvgIpc) is 2.75. The number of anilines is 1. The van der Waals surface area contributed by atoms with Crippen molar-refractivity contribution in [3.63, 3.8) is 0 Å². The van der Waals surface area contributed by atoms with E-state index in [0.717, 1.165) is 5.56 Å². The molecule has 3 rings (SSSR count). The molecule has 0 atom stereocenters. The van der Waals surface area contributed by atoms with E-state index in [0.29, 0.717) is 30.0 Å². The number of hydrogen-bond donors (Lipinski definition) is 2. The van der Waals surface area contributed by atoms with Crippen LogP contribution < -0.4 is 20.5 Å². The monoisotopic (exact) mass is 391 g/mol. The normalized spacial score (nSPS) is 13.4. The quantitative estimate of drug-likeness (QED) is 0.705. The third kappa shape index (κ3) is 5.36. The Morgan fingerprint density at radius 3 is 2.52 bits per heavy atom. The van der Waals surface area contributed by atoms with E-state index >= 15 is 0 Å². The molecule has 1 saturated heterocycles. The summed E-state index contributed by atoms with van der Waals surface area (Å²) >= 11 is 0. The lowest BCUT2D eigenvalue weighted by atomic mass is 10.1. The standard InChI is InChI=1S/C22H21N3O4/c1-2-15-29-19-9-3-16(4-10-19)13-14-23-22(28)17-5-7-18(8-6-17)25-21(27)12-11-20(26)24-25/h1,3-10H,11-15H2,(H,23,28)(H,24,26). The minimum atomic E-state index is -0.209. The first-order chi connectivity index (χ1) is 14.1. The van der Waals surface area contributed by atoms with Gasteiger partial charge in [-0.05, 0) is 48.4 Å². The summed E-state index contributed by atoms with van der Waals surface area (Å²) in [6, 6.07) is 14.0. The van der Waals surface area contributed by atoms with Crippen molar-refractivity contribution in [3.05, 3.63) is 59.7 Å². The van der Waals surface area contributed by atoms with Crippen molar-refractivity contribution in [3.8, 4) is 18.1 Å². The number of hydrazine groups is 1. The third-order valence-corrected chi connectivity index (χ3v) is 4.38. The zero-order valence-corrected chi connectivity index (χ0v) is 15.8. The lowest BCUT2D eigenvalue weighted by Crippen LogP contribution is -2.50. The van der Waals surface area contributed by atoms with Crippen molar-refractivity contribution in [2.45, 2.75) is 19.3 Å². The highest BCUT2D eigenvalue weighted by atomic mass is 16.5. The molecular weight excluding hydrogens is 370 g/mol. The molecule has 2 aromatic rings. The van der Waals surface area contributed by atoms with Crippen LogP contribution >= 0.6 is 0 Å².